The first-order chi connectivity index (χ1) is 9.11. The number of rotatable bonds is 4. The second kappa shape index (κ2) is 6.71. The van der Waals surface area contributed by atoms with Crippen LogP contribution in [0.1, 0.15) is 57.1 Å². The fraction of sp³-hybridized carbons (Fsp3) is 0.625. The quantitative estimate of drug-likeness (QED) is 0.819. The summed E-state index contributed by atoms with van der Waals surface area (Å²) in [5.74, 6) is 0.989. The smallest absolute Gasteiger partial charge is 0.129 e. The highest BCUT2D eigenvalue weighted by atomic mass is 35.5. The molecule has 1 unspecified atom stereocenters. The third kappa shape index (κ3) is 3.70. The van der Waals surface area contributed by atoms with E-state index in [-0.39, 0.29) is 11.9 Å². The van der Waals surface area contributed by atoms with Crippen LogP contribution >= 0.6 is 11.6 Å². The van der Waals surface area contributed by atoms with Crippen molar-refractivity contribution in [3.63, 3.8) is 0 Å². The van der Waals surface area contributed by atoms with Crippen LogP contribution in [0.3, 0.4) is 0 Å². The van der Waals surface area contributed by atoms with E-state index < -0.39 is 0 Å². The van der Waals surface area contributed by atoms with Gasteiger partial charge in [-0.1, -0.05) is 50.3 Å². The summed E-state index contributed by atoms with van der Waals surface area (Å²) in [4.78, 5) is 0. The predicted molar refractivity (Wildman–Crippen MR) is 78.7 cm³/mol. The van der Waals surface area contributed by atoms with Crippen molar-refractivity contribution in [3.05, 3.63) is 34.6 Å². The third-order valence-electron chi connectivity index (χ3n) is 4.42. The highest BCUT2D eigenvalue weighted by Gasteiger charge is 2.27. The SMILES string of the molecule is CCCC1CCC(C(N)c2ccc(Cl)cc2F)CC1. The van der Waals surface area contributed by atoms with E-state index in [1.54, 1.807) is 12.1 Å². The van der Waals surface area contributed by atoms with Gasteiger partial charge in [-0.2, -0.15) is 0 Å². The Labute approximate surface area is 120 Å². The molecule has 1 atom stereocenters. The lowest BCUT2D eigenvalue weighted by Crippen LogP contribution is -2.26. The molecule has 0 aromatic heterocycles. The van der Waals surface area contributed by atoms with E-state index in [1.165, 1.54) is 31.7 Å². The fourth-order valence-corrected chi connectivity index (χ4v) is 3.43. The van der Waals surface area contributed by atoms with Crippen LogP contribution in [0.5, 0.6) is 0 Å². The normalized spacial score (nSPS) is 25.3. The first-order valence-electron chi connectivity index (χ1n) is 7.32. The molecule has 106 valence electrons. The monoisotopic (exact) mass is 283 g/mol. The van der Waals surface area contributed by atoms with Gasteiger partial charge in [-0.3, -0.25) is 0 Å². The Hall–Kier alpha value is -0.600. The van der Waals surface area contributed by atoms with Crippen LogP contribution in [0.25, 0.3) is 0 Å². The lowest BCUT2D eigenvalue weighted by molar-refractivity contribution is 0.232. The average Bonchev–Trinajstić information content (AvgIpc) is 2.39. The van der Waals surface area contributed by atoms with Crippen molar-refractivity contribution < 1.29 is 4.39 Å². The van der Waals surface area contributed by atoms with E-state index in [0.717, 1.165) is 18.8 Å². The maximum Gasteiger partial charge on any atom is 0.129 e. The van der Waals surface area contributed by atoms with E-state index in [4.69, 9.17) is 17.3 Å². The number of benzene rings is 1. The van der Waals surface area contributed by atoms with Gasteiger partial charge in [0.05, 0.1) is 0 Å². The van der Waals surface area contributed by atoms with Crippen molar-refractivity contribution in [3.8, 4) is 0 Å². The van der Waals surface area contributed by atoms with Crippen LogP contribution < -0.4 is 5.73 Å². The largest absolute Gasteiger partial charge is 0.324 e. The summed E-state index contributed by atoms with van der Waals surface area (Å²) >= 11 is 5.78. The highest BCUT2D eigenvalue weighted by Crippen LogP contribution is 2.38. The van der Waals surface area contributed by atoms with Crippen LogP contribution in [0.15, 0.2) is 18.2 Å². The summed E-state index contributed by atoms with van der Waals surface area (Å²) in [6, 6.07) is 4.63. The molecule has 1 aromatic rings. The van der Waals surface area contributed by atoms with Crippen LogP contribution in [0.2, 0.25) is 5.02 Å². The first kappa shape index (κ1) is 14.8. The third-order valence-corrected chi connectivity index (χ3v) is 4.65. The number of hydrogen-bond donors (Lipinski definition) is 1. The zero-order valence-electron chi connectivity index (χ0n) is 11.5. The molecule has 1 fully saturated rings. The van der Waals surface area contributed by atoms with Gasteiger partial charge in [0, 0.05) is 16.6 Å². The molecule has 0 heterocycles. The predicted octanol–water partition coefficient (Wildman–Crippen LogP) is 5.09. The Morgan fingerprint density at radius 3 is 2.58 bits per heavy atom. The van der Waals surface area contributed by atoms with Crippen molar-refractivity contribution in [2.75, 3.05) is 0 Å². The van der Waals surface area contributed by atoms with E-state index in [2.05, 4.69) is 6.92 Å². The Morgan fingerprint density at radius 1 is 1.32 bits per heavy atom. The molecule has 0 saturated heterocycles. The maximum absolute atomic E-state index is 13.9. The van der Waals surface area contributed by atoms with Crippen molar-refractivity contribution >= 4 is 11.6 Å². The second-order valence-corrected chi connectivity index (χ2v) is 6.20. The van der Waals surface area contributed by atoms with Gasteiger partial charge in [0.1, 0.15) is 5.82 Å². The molecular weight excluding hydrogens is 261 g/mol. The molecule has 3 heteroatoms. The molecule has 0 spiro atoms. The van der Waals surface area contributed by atoms with Crippen LogP contribution in [0.4, 0.5) is 4.39 Å². The van der Waals surface area contributed by atoms with E-state index in [0.29, 0.717) is 16.5 Å². The van der Waals surface area contributed by atoms with Crippen molar-refractivity contribution in [1.82, 2.24) is 0 Å². The van der Waals surface area contributed by atoms with Crippen LogP contribution in [0, 0.1) is 17.7 Å². The Bertz CT molecular complexity index is 413. The second-order valence-electron chi connectivity index (χ2n) is 5.76. The van der Waals surface area contributed by atoms with Crippen LogP contribution in [-0.4, -0.2) is 0 Å². The van der Waals surface area contributed by atoms with Gasteiger partial charge >= 0.3 is 0 Å². The van der Waals surface area contributed by atoms with Gasteiger partial charge in [0.25, 0.3) is 0 Å². The summed E-state index contributed by atoms with van der Waals surface area (Å²) in [7, 11) is 0. The van der Waals surface area contributed by atoms with E-state index in [1.807, 2.05) is 0 Å². The molecule has 1 nitrogen and oxygen atoms in total. The summed E-state index contributed by atoms with van der Waals surface area (Å²) in [5.41, 5.74) is 6.87. The minimum Gasteiger partial charge on any atom is -0.324 e. The number of hydrogen-bond acceptors (Lipinski definition) is 1. The molecule has 1 aliphatic carbocycles. The molecular formula is C16H23ClFN. The molecule has 0 bridgehead atoms. The Balaban J connectivity index is 1.99. The zero-order chi connectivity index (χ0) is 13.8. The first-order valence-corrected chi connectivity index (χ1v) is 7.70. The van der Waals surface area contributed by atoms with E-state index >= 15 is 0 Å². The van der Waals surface area contributed by atoms with E-state index in [9.17, 15) is 4.39 Å². The topological polar surface area (TPSA) is 26.0 Å². The molecule has 2 rings (SSSR count). The highest BCUT2D eigenvalue weighted by molar-refractivity contribution is 6.30. The minimum atomic E-state index is -0.268. The molecule has 19 heavy (non-hydrogen) atoms. The van der Waals surface area contributed by atoms with Crippen LogP contribution in [-0.2, 0) is 0 Å². The summed E-state index contributed by atoms with van der Waals surface area (Å²) in [6.45, 7) is 2.24. The number of nitrogens with two attached hydrogens (primary N) is 1. The molecule has 2 N–H and O–H groups in total. The Kier molecular flexibility index (Phi) is 5.23. The maximum atomic E-state index is 13.9. The molecule has 0 aliphatic heterocycles. The zero-order valence-corrected chi connectivity index (χ0v) is 12.3. The fourth-order valence-electron chi connectivity index (χ4n) is 3.27. The summed E-state index contributed by atoms with van der Waals surface area (Å²) in [6.07, 6.45) is 7.29. The molecule has 0 radical (unpaired) electrons. The standard InChI is InChI=1S/C16H23ClFN/c1-2-3-11-4-6-12(7-5-11)16(19)14-9-8-13(17)10-15(14)18/h8-12,16H,2-7,19H2,1H3. The number of halogens is 2. The lowest BCUT2D eigenvalue weighted by atomic mass is 9.76. The molecule has 1 aromatic carbocycles. The molecule has 0 amide bonds. The van der Waals surface area contributed by atoms with Gasteiger partial charge in [0.2, 0.25) is 0 Å². The molecule has 1 aliphatic rings. The van der Waals surface area contributed by atoms with Gasteiger partial charge in [0.15, 0.2) is 0 Å². The van der Waals surface area contributed by atoms with Gasteiger partial charge < -0.3 is 5.73 Å². The average molecular weight is 284 g/mol. The minimum absolute atomic E-state index is 0.195. The molecule has 1 saturated carbocycles. The summed E-state index contributed by atoms with van der Waals surface area (Å²) in [5, 5.41) is 0.431. The van der Waals surface area contributed by atoms with Crippen molar-refractivity contribution in [2.24, 2.45) is 17.6 Å². The van der Waals surface area contributed by atoms with Crippen molar-refractivity contribution in [2.45, 2.75) is 51.5 Å². The van der Waals surface area contributed by atoms with Gasteiger partial charge in [-0.15, -0.1) is 0 Å². The van der Waals surface area contributed by atoms with Crippen molar-refractivity contribution in [1.29, 1.82) is 0 Å². The summed E-state index contributed by atoms with van der Waals surface area (Å²) < 4.78 is 13.9. The van der Waals surface area contributed by atoms with Gasteiger partial charge in [-0.05, 0) is 36.8 Å². The van der Waals surface area contributed by atoms with Gasteiger partial charge in [-0.25, -0.2) is 4.39 Å². The Morgan fingerprint density at radius 2 is 2.00 bits per heavy atom. The lowest BCUT2D eigenvalue weighted by Gasteiger charge is -2.32.